The van der Waals surface area contributed by atoms with E-state index in [1.165, 1.54) is 43.4 Å². The molecule has 4 heteroatoms. The Kier molecular flexibility index (Phi) is 4.70. The first-order valence-electron chi connectivity index (χ1n) is 9.54. The van der Waals surface area contributed by atoms with Crippen molar-refractivity contribution in [1.82, 2.24) is 5.32 Å². The second-order valence-corrected chi connectivity index (χ2v) is 9.76. The number of hydrogen-bond acceptors (Lipinski definition) is 3. The van der Waals surface area contributed by atoms with Crippen LogP contribution in [0, 0.1) is 29.1 Å². The van der Waals surface area contributed by atoms with Crippen LogP contribution < -0.4 is 5.32 Å². The predicted molar refractivity (Wildman–Crippen MR) is 96.8 cm³/mol. The fourth-order valence-electron chi connectivity index (χ4n) is 6.08. The average molecular weight is 348 g/mol. The van der Waals surface area contributed by atoms with E-state index in [9.17, 15) is 9.90 Å². The summed E-state index contributed by atoms with van der Waals surface area (Å²) in [5, 5.41) is 14.8. The third-order valence-corrected chi connectivity index (χ3v) is 7.52. The van der Waals surface area contributed by atoms with Gasteiger partial charge < -0.3 is 10.4 Å². The van der Waals surface area contributed by atoms with Crippen LogP contribution in [0.2, 0.25) is 0 Å². The minimum absolute atomic E-state index is 0.129. The summed E-state index contributed by atoms with van der Waals surface area (Å²) in [6, 6.07) is 4.14. The van der Waals surface area contributed by atoms with E-state index >= 15 is 0 Å². The van der Waals surface area contributed by atoms with Crippen LogP contribution in [0.5, 0.6) is 0 Å². The Morgan fingerprint density at radius 3 is 2.46 bits per heavy atom. The molecule has 0 aliphatic heterocycles. The molecule has 132 valence electrons. The molecule has 24 heavy (non-hydrogen) atoms. The van der Waals surface area contributed by atoms with Crippen molar-refractivity contribution in [3.05, 3.63) is 22.4 Å². The van der Waals surface area contributed by atoms with Crippen LogP contribution in [0.4, 0.5) is 0 Å². The van der Waals surface area contributed by atoms with Crippen molar-refractivity contribution in [2.24, 2.45) is 29.1 Å². The van der Waals surface area contributed by atoms with Crippen molar-refractivity contribution >= 4 is 17.2 Å². The summed E-state index contributed by atoms with van der Waals surface area (Å²) in [6.45, 7) is 0.731. The van der Waals surface area contributed by atoms with Crippen LogP contribution in [0.25, 0.3) is 0 Å². The second kappa shape index (κ2) is 6.80. The van der Waals surface area contributed by atoms with E-state index in [4.69, 9.17) is 0 Å². The van der Waals surface area contributed by atoms with Crippen LogP contribution in [0.15, 0.2) is 17.5 Å². The fraction of sp³-hybridized carbons (Fsp3) is 0.750. The molecule has 1 aromatic rings. The minimum atomic E-state index is 0.129. The van der Waals surface area contributed by atoms with Crippen molar-refractivity contribution in [2.75, 3.05) is 13.2 Å². The first kappa shape index (κ1) is 16.6. The molecule has 0 spiro atoms. The lowest BCUT2D eigenvalue weighted by Gasteiger charge is -2.56. The molecular formula is C20H29NO2S. The van der Waals surface area contributed by atoms with E-state index < -0.39 is 0 Å². The van der Waals surface area contributed by atoms with E-state index in [0.29, 0.717) is 18.4 Å². The third kappa shape index (κ3) is 3.55. The number of aliphatic hydroxyl groups excluding tert-OH is 1. The first-order valence-corrected chi connectivity index (χ1v) is 10.4. The van der Waals surface area contributed by atoms with Crippen molar-refractivity contribution in [1.29, 1.82) is 0 Å². The zero-order valence-electron chi connectivity index (χ0n) is 14.4. The Morgan fingerprint density at radius 1 is 1.25 bits per heavy atom. The van der Waals surface area contributed by atoms with Crippen LogP contribution in [-0.2, 0) is 11.2 Å². The van der Waals surface area contributed by atoms with E-state index in [1.54, 1.807) is 11.3 Å². The highest BCUT2D eigenvalue weighted by Gasteiger charge is 2.51. The highest BCUT2D eigenvalue weighted by molar-refractivity contribution is 7.09. The van der Waals surface area contributed by atoms with Gasteiger partial charge in [-0.05, 0) is 79.6 Å². The Hall–Kier alpha value is -0.870. The average Bonchev–Trinajstić information content (AvgIpc) is 3.02. The van der Waals surface area contributed by atoms with Crippen LogP contribution in [0.3, 0.4) is 0 Å². The summed E-state index contributed by atoms with van der Waals surface area (Å²) in [5.74, 6) is 3.03. The Bertz CT molecular complexity index is 533. The molecule has 1 aromatic heterocycles. The van der Waals surface area contributed by atoms with E-state index in [-0.39, 0.29) is 18.4 Å². The summed E-state index contributed by atoms with van der Waals surface area (Å²) in [7, 11) is 0. The second-order valence-electron chi connectivity index (χ2n) is 8.73. The van der Waals surface area contributed by atoms with Crippen molar-refractivity contribution in [2.45, 2.75) is 51.4 Å². The van der Waals surface area contributed by atoms with Crippen molar-refractivity contribution < 1.29 is 9.90 Å². The van der Waals surface area contributed by atoms with Gasteiger partial charge in [0.25, 0.3) is 0 Å². The van der Waals surface area contributed by atoms with Gasteiger partial charge in [-0.15, -0.1) is 11.3 Å². The van der Waals surface area contributed by atoms with Gasteiger partial charge in [0.1, 0.15) is 0 Å². The molecule has 4 fully saturated rings. The number of amides is 1. The number of hydrogen-bond donors (Lipinski definition) is 2. The van der Waals surface area contributed by atoms with Gasteiger partial charge in [0.2, 0.25) is 5.91 Å². The zero-order chi connectivity index (χ0) is 16.6. The molecule has 1 heterocycles. The van der Waals surface area contributed by atoms with Gasteiger partial charge in [-0.3, -0.25) is 4.79 Å². The number of carbonyl (C=O) groups excluding carboxylic acids is 1. The Balaban J connectivity index is 1.29. The molecule has 4 aliphatic carbocycles. The molecule has 2 N–H and O–H groups in total. The SMILES string of the molecule is O=C(CC12CC3CC(CC(C3)C1)C2)NC[C@@H](CO)Cc1cccs1. The third-order valence-electron chi connectivity index (χ3n) is 6.62. The van der Waals surface area contributed by atoms with Gasteiger partial charge >= 0.3 is 0 Å². The molecular weight excluding hydrogens is 318 g/mol. The molecule has 5 rings (SSSR count). The standard InChI is InChI=1S/C20H29NO2S/c22-13-17(7-18-2-1-3-24-18)12-21-19(23)11-20-8-14-4-15(9-20)6-16(5-14)10-20/h1-3,14-17,22H,4-13H2,(H,21,23)/t14?,15?,16?,17-,20?/m0/s1. The molecule has 4 aliphatic rings. The normalized spacial score (nSPS) is 35.1. The zero-order valence-corrected chi connectivity index (χ0v) is 15.2. The number of aliphatic hydroxyl groups is 1. The Morgan fingerprint density at radius 2 is 1.92 bits per heavy atom. The van der Waals surface area contributed by atoms with Crippen LogP contribution in [0.1, 0.15) is 49.8 Å². The molecule has 4 saturated carbocycles. The highest BCUT2D eigenvalue weighted by atomic mass is 32.1. The van der Waals surface area contributed by atoms with Crippen LogP contribution in [-0.4, -0.2) is 24.2 Å². The molecule has 1 amide bonds. The summed E-state index contributed by atoms with van der Waals surface area (Å²) < 4.78 is 0. The maximum atomic E-state index is 12.6. The number of nitrogens with one attached hydrogen (secondary N) is 1. The summed E-state index contributed by atoms with van der Waals surface area (Å²) in [5.41, 5.74) is 0.307. The number of thiophene rings is 1. The fourth-order valence-corrected chi connectivity index (χ4v) is 6.90. The topological polar surface area (TPSA) is 49.3 Å². The van der Waals surface area contributed by atoms with E-state index in [2.05, 4.69) is 16.8 Å². The Labute approximate surface area is 148 Å². The van der Waals surface area contributed by atoms with Gasteiger partial charge in [-0.2, -0.15) is 0 Å². The number of rotatable bonds is 7. The molecule has 0 unspecified atom stereocenters. The molecule has 3 nitrogen and oxygen atoms in total. The molecule has 1 atom stereocenters. The van der Waals surface area contributed by atoms with Crippen molar-refractivity contribution in [3.8, 4) is 0 Å². The van der Waals surface area contributed by atoms with Gasteiger partial charge in [0, 0.05) is 30.4 Å². The molecule has 0 radical (unpaired) electrons. The lowest BCUT2D eigenvalue weighted by molar-refractivity contribution is -0.129. The lowest BCUT2D eigenvalue weighted by atomic mass is 9.49. The molecule has 0 saturated heterocycles. The van der Waals surface area contributed by atoms with E-state index in [1.807, 2.05) is 6.07 Å². The maximum Gasteiger partial charge on any atom is 0.220 e. The van der Waals surface area contributed by atoms with Gasteiger partial charge in [-0.1, -0.05) is 6.07 Å². The van der Waals surface area contributed by atoms with Crippen LogP contribution >= 0.6 is 11.3 Å². The predicted octanol–water partition coefficient (Wildman–Crippen LogP) is 3.62. The number of carbonyl (C=O) groups is 1. The maximum absolute atomic E-state index is 12.6. The molecule has 4 bridgehead atoms. The summed E-state index contributed by atoms with van der Waals surface area (Å²) >= 11 is 1.72. The van der Waals surface area contributed by atoms with Gasteiger partial charge in [0.05, 0.1) is 0 Å². The summed E-state index contributed by atoms with van der Waals surface area (Å²) in [4.78, 5) is 13.8. The largest absolute Gasteiger partial charge is 0.396 e. The van der Waals surface area contributed by atoms with Gasteiger partial charge in [0.15, 0.2) is 0 Å². The van der Waals surface area contributed by atoms with E-state index in [0.717, 1.165) is 24.2 Å². The van der Waals surface area contributed by atoms with Gasteiger partial charge in [-0.25, -0.2) is 0 Å². The minimum Gasteiger partial charge on any atom is -0.396 e. The van der Waals surface area contributed by atoms with Crippen molar-refractivity contribution in [3.63, 3.8) is 0 Å². The summed E-state index contributed by atoms with van der Waals surface area (Å²) in [6.07, 6.45) is 9.69. The smallest absolute Gasteiger partial charge is 0.220 e. The monoisotopic (exact) mass is 347 g/mol. The first-order chi connectivity index (χ1) is 11.6. The highest BCUT2D eigenvalue weighted by Crippen LogP contribution is 2.61. The molecule has 0 aromatic carbocycles. The lowest BCUT2D eigenvalue weighted by Crippen LogP contribution is -2.48. The quantitative estimate of drug-likeness (QED) is 0.791.